The monoisotopic (exact) mass is 235 g/mol. The third-order valence-corrected chi connectivity index (χ3v) is 3.66. The van der Waals surface area contributed by atoms with E-state index in [-0.39, 0.29) is 18.9 Å². The molecule has 0 bridgehead atoms. The van der Waals surface area contributed by atoms with Gasteiger partial charge in [-0.3, -0.25) is 0 Å². The smallest absolute Gasteiger partial charge is 0.252 e. The third-order valence-electron chi connectivity index (χ3n) is 2.72. The molecule has 2 rings (SSSR count). The molecule has 0 amide bonds. The van der Waals surface area contributed by atoms with Crippen LogP contribution in [-0.2, 0) is 0 Å². The topological polar surface area (TPSA) is 41.6 Å². The second-order valence-electron chi connectivity index (χ2n) is 4.00. The van der Waals surface area contributed by atoms with Gasteiger partial charge in [0.05, 0.1) is 6.04 Å². The van der Waals surface area contributed by atoms with Gasteiger partial charge >= 0.3 is 0 Å². The van der Waals surface area contributed by atoms with Crippen molar-refractivity contribution >= 4 is 17.7 Å². The van der Waals surface area contributed by atoms with Gasteiger partial charge in [-0.25, -0.2) is 13.8 Å². The van der Waals surface area contributed by atoms with E-state index in [2.05, 4.69) is 4.99 Å². The highest BCUT2D eigenvalue weighted by atomic mass is 32.2. The number of nitrogens with two attached hydrogens (primary N) is 1. The van der Waals surface area contributed by atoms with Crippen molar-refractivity contribution in [2.45, 2.75) is 24.8 Å². The van der Waals surface area contributed by atoms with Crippen LogP contribution < -0.4 is 5.73 Å². The molecular formula is C9H15F2N3S. The Kier molecular flexibility index (Phi) is 3.04. The quantitative estimate of drug-likeness (QED) is 0.547. The summed E-state index contributed by atoms with van der Waals surface area (Å²) in [6.45, 7) is 1.76. The molecule has 2 aliphatic rings. The molecule has 6 heteroatoms. The summed E-state index contributed by atoms with van der Waals surface area (Å²) in [5.74, 6) is 0.0103. The molecule has 1 saturated heterocycles. The molecule has 86 valence electrons. The highest BCUT2D eigenvalue weighted by Gasteiger charge is 2.45. The van der Waals surface area contributed by atoms with Gasteiger partial charge in [0.25, 0.3) is 5.92 Å². The Morgan fingerprint density at radius 1 is 1.33 bits per heavy atom. The van der Waals surface area contributed by atoms with Crippen LogP contribution in [0.2, 0.25) is 0 Å². The Hall–Kier alpha value is -0.520. The number of nitrogens with zero attached hydrogens (tertiary/aromatic N) is 2. The van der Waals surface area contributed by atoms with Gasteiger partial charge in [0, 0.05) is 37.4 Å². The fourth-order valence-electron chi connectivity index (χ4n) is 1.78. The Labute approximate surface area is 92.1 Å². The zero-order valence-corrected chi connectivity index (χ0v) is 9.27. The van der Waals surface area contributed by atoms with Crippen LogP contribution >= 0.6 is 11.8 Å². The van der Waals surface area contributed by atoms with E-state index in [1.807, 2.05) is 16.7 Å². The molecule has 15 heavy (non-hydrogen) atoms. The Bertz CT molecular complexity index is 256. The second-order valence-corrected chi connectivity index (χ2v) is 5.23. The third kappa shape index (κ3) is 2.74. The normalized spacial score (nSPS) is 27.6. The summed E-state index contributed by atoms with van der Waals surface area (Å²) < 4.78 is 25.1. The average Bonchev–Trinajstić information content (AvgIpc) is 2.16. The minimum Gasteiger partial charge on any atom is -0.370 e. The van der Waals surface area contributed by atoms with Gasteiger partial charge in [-0.1, -0.05) is 0 Å². The molecule has 1 aliphatic carbocycles. The lowest BCUT2D eigenvalue weighted by Crippen LogP contribution is -2.46. The molecule has 0 aromatic heterocycles. The molecule has 0 spiro atoms. The summed E-state index contributed by atoms with van der Waals surface area (Å²) >= 11 is 1.88. The molecule has 0 unspecified atom stereocenters. The van der Waals surface area contributed by atoms with Crippen molar-refractivity contribution in [2.24, 2.45) is 10.7 Å². The van der Waals surface area contributed by atoms with Crippen molar-refractivity contribution in [2.75, 3.05) is 24.6 Å². The van der Waals surface area contributed by atoms with Gasteiger partial charge in [0.2, 0.25) is 0 Å². The molecule has 1 aliphatic heterocycles. The number of alkyl halides is 2. The predicted molar refractivity (Wildman–Crippen MR) is 58.5 cm³/mol. The molecule has 1 saturated carbocycles. The summed E-state index contributed by atoms with van der Waals surface area (Å²) in [7, 11) is 0. The number of guanidine groups is 1. The molecule has 0 atom stereocenters. The molecule has 0 aromatic carbocycles. The maximum absolute atomic E-state index is 12.6. The van der Waals surface area contributed by atoms with Gasteiger partial charge in [-0.15, -0.1) is 0 Å². The van der Waals surface area contributed by atoms with Gasteiger partial charge in [-0.2, -0.15) is 11.8 Å². The van der Waals surface area contributed by atoms with E-state index in [1.165, 1.54) is 0 Å². The van der Waals surface area contributed by atoms with E-state index >= 15 is 0 Å². The lowest BCUT2D eigenvalue weighted by molar-refractivity contribution is -0.0836. The molecule has 0 radical (unpaired) electrons. The first-order chi connectivity index (χ1) is 7.07. The summed E-state index contributed by atoms with van der Waals surface area (Å²) in [6, 6.07) is -0.269. The van der Waals surface area contributed by atoms with Gasteiger partial charge < -0.3 is 10.6 Å². The summed E-state index contributed by atoms with van der Waals surface area (Å²) in [5.41, 5.74) is 5.77. The number of rotatable bonds is 1. The first-order valence-corrected chi connectivity index (χ1v) is 6.26. The minimum atomic E-state index is -2.51. The van der Waals surface area contributed by atoms with E-state index in [1.54, 1.807) is 0 Å². The minimum absolute atomic E-state index is 0.143. The number of aliphatic imine (C=N–C) groups is 1. The summed E-state index contributed by atoms with van der Waals surface area (Å²) in [6.07, 6.45) is -0.285. The number of halogens is 2. The van der Waals surface area contributed by atoms with Crippen LogP contribution in [0.4, 0.5) is 8.78 Å². The molecule has 1 heterocycles. The van der Waals surface area contributed by atoms with Gasteiger partial charge in [0.1, 0.15) is 0 Å². The van der Waals surface area contributed by atoms with Crippen LogP contribution in [0.3, 0.4) is 0 Å². The van der Waals surface area contributed by atoms with Crippen LogP contribution in [0.1, 0.15) is 12.8 Å². The molecule has 3 nitrogen and oxygen atoms in total. The van der Waals surface area contributed by atoms with E-state index in [0.29, 0.717) is 5.96 Å². The lowest BCUT2D eigenvalue weighted by atomic mass is 9.89. The second kappa shape index (κ2) is 4.15. The SMILES string of the molecule is NC(=NC1CC(F)(F)C1)N1CCSCC1. The maximum Gasteiger partial charge on any atom is 0.252 e. The van der Waals surface area contributed by atoms with Crippen LogP contribution in [0, 0.1) is 0 Å². The average molecular weight is 235 g/mol. The Morgan fingerprint density at radius 3 is 2.47 bits per heavy atom. The molecule has 0 aromatic rings. The first kappa shape index (κ1) is 11.0. The first-order valence-electron chi connectivity index (χ1n) is 5.11. The van der Waals surface area contributed by atoms with E-state index in [0.717, 1.165) is 24.6 Å². The zero-order chi connectivity index (χ0) is 10.9. The summed E-state index contributed by atoms with van der Waals surface area (Å²) in [4.78, 5) is 6.11. The van der Waals surface area contributed by atoms with Gasteiger partial charge in [0.15, 0.2) is 5.96 Å². The van der Waals surface area contributed by atoms with Crippen molar-refractivity contribution < 1.29 is 8.78 Å². The maximum atomic E-state index is 12.6. The van der Waals surface area contributed by atoms with Crippen molar-refractivity contribution in [3.05, 3.63) is 0 Å². The number of thioether (sulfide) groups is 1. The highest BCUT2D eigenvalue weighted by molar-refractivity contribution is 7.99. The fraction of sp³-hybridized carbons (Fsp3) is 0.889. The Balaban J connectivity index is 1.84. The fourth-order valence-corrected chi connectivity index (χ4v) is 2.69. The highest BCUT2D eigenvalue weighted by Crippen LogP contribution is 2.39. The van der Waals surface area contributed by atoms with Gasteiger partial charge in [-0.05, 0) is 0 Å². The number of hydrogen-bond acceptors (Lipinski definition) is 2. The van der Waals surface area contributed by atoms with Crippen molar-refractivity contribution in [3.8, 4) is 0 Å². The van der Waals surface area contributed by atoms with E-state index in [9.17, 15) is 8.78 Å². The van der Waals surface area contributed by atoms with Crippen LogP contribution in [0.5, 0.6) is 0 Å². The summed E-state index contributed by atoms with van der Waals surface area (Å²) in [5, 5.41) is 0. The Morgan fingerprint density at radius 2 is 1.93 bits per heavy atom. The van der Waals surface area contributed by atoms with E-state index in [4.69, 9.17) is 5.73 Å². The van der Waals surface area contributed by atoms with Crippen molar-refractivity contribution in [1.82, 2.24) is 4.90 Å². The zero-order valence-electron chi connectivity index (χ0n) is 8.46. The molecule has 2 N–H and O–H groups in total. The van der Waals surface area contributed by atoms with E-state index < -0.39 is 5.92 Å². The van der Waals surface area contributed by atoms with Crippen LogP contribution in [-0.4, -0.2) is 47.4 Å². The number of hydrogen-bond donors (Lipinski definition) is 1. The largest absolute Gasteiger partial charge is 0.370 e. The van der Waals surface area contributed by atoms with Crippen molar-refractivity contribution in [1.29, 1.82) is 0 Å². The van der Waals surface area contributed by atoms with Crippen LogP contribution in [0.25, 0.3) is 0 Å². The van der Waals surface area contributed by atoms with Crippen molar-refractivity contribution in [3.63, 3.8) is 0 Å². The standard InChI is InChI=1S/C9H15F2N3S/c10-9(11)5-7(6-9)13-8(12)14-1-3-15-4-2-14/h7H,1-6H2,(H2,12,13). The molecular weight excluding hydrogens is 220 g/mol. The van der Waals surface area contributed by atoms with Crippen LogP contribution in [0.15, 0.2) is 4.99 Å². The predicted octanol–water partition coefficient (Wildman–Crippen LogP) is 1.15. The lowest BCUT2D eigenvalue weighted by Gasteiger charge is -2.34. The molecule has 2 fully saturated rings.